The fraction of sp³-hybridized carbons (Fsp3) is 0.692. The summed E-state index contributed by atoms with van der Waals surface area (Å²) in [6.07, 6.45) is 4.63. The van der Waals surface area contributed by atoms with Gasteiger partial charge in [0.1, 0.15) is 11.5 Å². The predicted molar refractivity (Wildman–Crippen MR) is 63.1 cm³/mol. The molecule has 0 aromatic carbocycles. The topological polar surface area (TPSA) is 45.4 Å². The molecule has 1 aromatic rings. The van der Waals surface area contributed by atoms with Gasteiger partial charge < -0.3 is 14.8 Å². The van der Waals surface area contributed by atoms with E-state index in [2.05, 4.69) is 5.32 Å². The Balaban J connectivity index is 1.71. The SMILES string of the molecule is Cc1ccc(CNC2CCC(CO)CC2)o1. The van der Waals surface area contributed by atoms with Crippen molar-refractivity contribution in [3.05, 3.63) is 23.7 Å². The van der Waals surface area contributed by atoms with Crippen molar-refractivity contribution in [1.82, 2.24) is 5.32 Å². The van der Waals surface area contributed by atoms with Gasteiger partial charge >= 0.3 is 0 Å². The van der Waals surface area contributed by atoms with Gasteiger partial charge in [0.05, 0.1) is 6.54 Å². The summed E-state index contributed by atoms with van der Waals surface area (Å²) in [4.78, 5) is 0. The largest absolute Gasteiger partial charge is 0.465 e. The van der Waals surface area contributed by atoms with Crippen molar-refractivity contribution in [1.29, 1.82) is 0 Å². The highest BCUT2D eigenvalue weighted by molar-refractivity contribution is 5.05. The van der Waals surface area contributed by atoms with Crippen LogP contribution in [0.25, 0.3) is 0 Å². The minimum absolute atomic E-state index is 0.351. The molecule has 0 aliphatic heterocycles. The lowest BCUT2D eigenvalue weighted by Crippen LogP contribution is -2.33. The number of aliphatic hydroxyl groups excluding tert-OH is 1. The van der Waals surface area contributed by atoms with E-state index in [0.717, 1.165) is 30.9 Å². The van der Waals surface area contributed by atoms with E-state index in [1.54, 1.807) is 0 Å². The summed E-state index contributed by atoms with van der Waals surface area (Å²) in [5.74, 6) is 2.52. The highest BCUT2D eigenvalue weighted by Gasteiger charge is 2.20. The Labute approximate surface area is 96.8 Å². The fourth-order valence-corrected chi connectivity index (χ4v) is 2.37. The molecule has 0 atom stereocenters. The van der Waals surface area contributed by atoms with Crippen LogP contribution in [0.4, 0.5) is 0 Å². The standard InChI is InChI=1S/C13H21NO2/c1-10-2-7-13(16-10)8-14-12-5-3-11(9-15)4-6-12/h2,7,11-12,14-15H,3-6,8-9H2,1H3. The zero-order valence-electron chi connectivity index (χ0n) is 9.91. The lowest BCUT2D eigenvalue weighted by molar-refractivity contribution is 0.174. The van der Waals surface area contributed by atoms with E-state index in [4.69, 9.17) is 9.52 Å². The van der Waals surface area contributed by atoms with Crippen LogP contribution in [0, 0.1) is 12.8 Å². The molecule has 1 fully saturated rings. The van der Waals surface area contributed by atoms with Gasteiger partial charge in [0.15, 0.2) is 0 Å². The molecule has 0 spiro atoms. The molecule has 1 aliphatic carbocycles. The van der Waals surface area contributed by atoms with E-state index < -0.39 is 0 Å². The van der Waals surface area contributed by atoms with Gasteiger partial charge in [-0.2, -0.15) is 0 Å². The zero-order chi connectivity index (χ0) is 11.4. The molecule has 3 heteroatoms. The molecule has 0 unspecified atom stereocenters. The smallest absolute Gasteiger partial charge is 0.117 e. The molecule has 16 heavy (non-hydrogen) atoms. The minimum atomic E-state index is 0.351. The molecule has 0 amide bonds. The third-order valence-electron chi connectivity index (χ3n) is 3.47. The first kappa shape index (κ1) is 11.7. The molecule has 0 bridgehead atoms. The van der Waals surface area contributed by atoms with Gasteiger partial charge in [-0.1, -0.05) is 0 Å². The van der Waals surface area contributed by atoms with Gasteiger partial charge in [-0.3, -0.25) is 0 Å². The van der Waals surface area contributed by atoms with E-state index in [-0.39, 0.29) is 0 Å². The van der Waals surface area contributed by atoms with Crippen molar-refractivity contribution >= 4 is 0 Å². The van der Waals surface area contributed by atoms with Crippen molar-refractivity contribution in [2.24, 2.45) is 5.92 Å². The maximum absolute atomic E-state index is 9.05. The van der Waals surface area contributed by atoms with E-state index >= 15 is 0 Å². The lowest BCUT2D eigenvalue weighted by atomic mass is 9.86. The average Bonchev–Trinajstić information content (AvgIpc) is 2.73. The molecule has 3 nitrogen and oxygen atoms in total. The van der Waals surface area contributed by atoms with E-state index in [0.29, 0.717) is 18.6 Å². The molecular formula is C13H21NO2. The van der Waals surface area contributed by atoms with Crippen molar-refractivity contribution in [3.63, 3.8) is 0 Å². The minimum Gasteiger partial charge on any atom is -0.465 e. The Bertz CT molecular complexity index is 313. The normalized spacial score (nSPS) is 25.9. The second-order valence-corrected chi connectivity index (χ2v) is 4.79. The maximum Gasteiger partial charge on any atom is 0.117 e. The second-order valence-electron chi connectivity index (χ2n) is 4.79. The monoisotopic (exact) mass is 223 g/mol. The molecule has 1 saturated carbocycles. The van der Waals surface area contributed by atoms with Crippen LogP contribution in [0.1, 0.15) is 37.2 Å². The van der Waals surface area contributed by atoms with Gasteiger partial charge in [0.2, 0.25) is 0 Å². The van der Waals surface area contributed by atoms with Crippen molar-refractivity contribution in [2.45, 2.75) is 45.2 Å². The lowest BCUT2D eigenvalue weighted by Gasteiger charge is -2.27. The van der Waals surface area contributed by atoms with Crippen LogP contribution in [-0.4, -0.2) is 17.8 Å². The first-order valence-corrected chi connectivity index (χ1v) is 6.17. The highest BCUT2D eigenvalue weighted by atomic mass is 16.3. The van der Waals surface area contributed by atoms with Crippen LogP contribution in [-0.2, 0) is 6.54 Å². The number of hydrogen-bond acceptors (Lipinski definition) is 3. The molecular weight excluding hydrogens is 202 g/mol. The Morgan fingerprint density at radius 1 is 1.31 bits per heavy atom. The summed E-state index contributed by atoms with van der Waals surface area (Å²) < 4.78 is 5.51. The fourth-order valence-electron chi connectivity index (χ4n) is 2.37. The number of furan rings is 1. The van der Waals surface area contributed by atoms with Gasteiger partial charge in [-0.15, -0.1) is 0 Å². The van der Waals surface area contributed by atoms with Crippen LogP contribution in [0.5, 0.6) is 0 Å². The van der Waals surface area contributed by atoms with Crippen LogP contribution < -0.4 is 5.32 Å². The Morgan fingerprint density at radius 3 is 2.62 bits per heavy atom. The number of rotatable bonds is 4. The van der Waals surface area contributed by atoms with Crippen molar-refractivity contribution in [2.75, 3.05) is 6.61 Å². The molecule has 0 saturated heterocycles. The molecule has 90 valence electrons. The summed E-state index contributed by atoms with van der Waals surface area (Å²) in [5.41, 5.74) is 0. The van der Waals surface area contributed by atoms with E-state index in [9.17, 15) is 0 Å². The molecule has 1 aromatic heterocycles. The van der Waals surface area contributed by atoms with Crippen LogP contribution >= 0.6 is 0 Å². The van der Waals surface area contributed by atoms with Crippen molar-refractivity contribution < 1.29 is 9.52 Å². The summed E-state index contributed by atoms with van der Waals surface area (Å²) in [6.45, 7) is 3.14. The number of aryl methyl sites for hydroxylation is 1. The van der Waals surface area contributed by atoms with Gasteiger partial charge in [0.25, 0.3) is 0 Å². The zero-order valence-corrected chi connectivity index (χ0v) is 9.91. The molecule has 2 N–H and O–H groups in total. The van der Waals surface area contributed by atoms with Crippen LogP contribution in [0.3, 0.4) is 0 Å². The summed E-state index contributed by atoms with van der Waals surface area (Å²) in [6, 6.07) is 4.62. The summed E-state index contributed by atoms with van der Waals surface area (Å²) in [5, 5.41) is 12.6. The van der Waals surface area contributed by atoms with Crippen molar-refractivity contribution in [3.8, 4) is 0 Å². The maximum atomic E-state index is 9.05. The van der Waals surface area contributed by atoms with E-state index in [1.807, 2.05) is 19.1 Å². The number of aliphatic hydroxyl groups is 1. The van der Waals surface area contributed by atoms with Crippen LogP contribution in [0.2, 0.25) is 0 Å². The van der Waals surface area contributed by atoms with E-state index in [1.165, 1.54) is 12.8 Å². The number of hydrogen-bond donors (Lipinski definition) is 2. The van der Waals surface area contributed by atoms with Gasteiger partial charge in [-0.25, -0.2) is 0 Å². The highest BCUT2D eigenvalue weighted by Crippen LogP contribution is 2.23. The molecule has 2 rings (SSSR count). The summed E-state index contributed by atoms with van der Waals surface area (Å²) >= 11 is 0. The number of nitrogens with one attached hydrogen (secondary N) is 1. The Kier molecular flexibility index (Phi) is 4.02. The summed E-state index contributed by atoms with van der Waals surface area (Å²) in [7, 11) is 0. The van der Waals surface area contributed by atoms with Crippen LogP contribution in [0.15, 0.2) is 16.5 Å². The van der Waals surface area contributed by atoms with Gasteiger partial charge in [-0.05, 0) is 50.7 Å². The molecule has 1 heterocycles. The van der Waals surface area contributed by atoms with Gasteiger partial charge in [0, 0.05) is 12.6 Å². The molecule has 0 radical (unpaired) electrons. The quantitative estimate of drug-likeness (QED) is 0.822. The Morgan fingerprint density at radius 2 is 2.06 bits per heavy atom. The first-order valence-electron chi connectivity index (χ1n) is 6.17. The second kappa shape index (κ2) is 5.51. The molecule has 1 aliphatic rings. The Hall–Kier alpha value is -0.800. The third kappa shape index (κ3) is 3.09. The third-order valence-corrected chi connectivity index (χ3v) is 3.47. The first-order chi connectivity index (χ1) is 7.78. The predicted octanol–water partition coefficient (Wildman–Crippen LogP) is 2.23. The average molecular weight is 223 g/mol.